The molecule has 0 spiro atoms. The van der Waals surface area contributed by atoms with Gasteiger partial charge in [-0.05, 0) is 19.4 Å². The molecule has 0 amide bonds. The van der Waals surface area contributed by atoms with E-state index in [0.29, 0.717) is 21.3 Å². The summed E-state index contributed by atoms with van der Waals surface area (Å²) in [5.41, 5.74) is 1.58. The molecule has 4 heteroatoms. The van der Waals surface area contributed by atoms with Gasteiger partial charge in [-0.15, -0.1) is 0 Å². The lowest BCUT2D eigenvalue weighted by Gasteiger charge is -2.04. The predicted molar refractivity (Wildman–Crippen MR) is 48.4 cm³/mol. The summed E-state index contributed by atoms with van der Waals surface area (Å²) in [7, 11) is 0. The van der Waals surface area contributed by atoms with Gasteiger partial charge in [-0.1, -0.05) is 23.2 Å². The number of halogens is 2. The molecule has 0 aliphatic heterocycles. The molecule has 0 aliphatic carbocycles. The van der Waals surface area contributed by atoms with Crippen molar-refractivity contribution in [3.8, 4) is 6.07 Å². The molecule has 0 N–H and O–H groups in total. The molecule has 0 atom stereocenters. The van der Waals surface area contributed by atoms with Gasteiger partial charge in [-0.25, -0.2) is 4.98 Å². The average Bonchev–Trinajstić information content (AvgIpc) is 2.08. The van der Waals surface area contributed by atoms with Crippen LogP contribution >= 0.6 is 23.2 Å². The Balaban J connectivity index is 3.52. The van der Waals surface area contributed by atoms with Crippen molar-refractivity contribution >= 4 is 23.2 Å². The molecule has 1 heterocycles. The molecular weight excluding hydrogens is 195 g/mol. The Morgan fingerprint density at radius 1 is 1.25 bits per heavy atom. The highest BCUT2D eigenvalue weighted by atomic mass is 35.5. The number of nitrogens with zero attached hydrogens (tertiary/aromatic N) is 2. The van der Waals surface area contributed by atoms with Crippen molar-refractivity contribution in [2.24, 2.45) is 0 Å². The van der Waals surface area contributed by atoms with Crippen LogP contribution in [-0.4, -0.2) is 4.98 Å². The van der Waals surface area contributed by atoms with Gasteiger partial charge in [0.25, 0.3) is 0 Å². The standard InChI is InChI=1S/C8H6Cl2N2/c1-4-7(9)5(2)12-6(3-11)8(4)10/h1-2H3. The van der Waals surface area contributed by atoms with Crippen LogP contribution in [0.15, 0.2) is 0 Å². The summed E-state index contributed by atoms with van der Waals surface area (Å²) in [5, 5.41) is 9.49. The first kappa shape index (κ1) is 9.31. The lowest BCUT2D eigenvalue weighted by Crippen LogP contribution is -1.93. The van der Waals surface area contributed by atoms with Crippen LogP contribution in [-0.2, 0) is 0 Å². The molecule has 1 rings (SSSR count). The van der Waals surface area contributed by atoms with Gasteiger partial charge in [0.2, 0.25) is 0 Å². The van der Waals surface area contributed by atoms with E-state index in [1.165, 1.54) is 0 Å². The molecule has 0 aliphatic rings. The second-order valence-electron chi connectivity index (χ2n) is 2.41. The zero-order valence-corrected chi connectivity index (χ0v) is 8.16. The van der Waals surface area contributed by atoms with Gasteiger partial charge in [0.15, 0.2) is 5.69 Å². The summed E-state index contributed by atoms with van der Waals surface area (Å²) in [6, 6.07) is 1.90. The molecule has 0 saturated heterocycles. The van der Waals surface area contributed by atoms with Gasteiger partial charge in [0.05, 0.1) is 15.7 Å². The number of rotatable bonds is 0. The zero-order valence-electron chi connectivity index (χ0n) is 6.65. The molecule has 0 saturated carbocycles. The molecule has 12 heavy (non-hydrogen) atoms. The third-order valence-electron chi connectivity index (χ3n) is 1.57. The fraction of sp³-hybridized carbons (Fsp3) is 0.250. The Hall–Kier alpha value is -0.780. The number of pyridine rings is 1. The quantitative estimate of drug-likeness (QED) is 0.646. The minimum Gasteiger partial charge on any atom is -0.239 e. The van der Waals surface area contributed by atoms with Crippen LogP contribution in [0.2, 0.25) is 10.0 Å². The summed E-state index contributed by atoms with van der Waals surface area (Å²) in [4.78, 5) is 3.93. The summed E-state index contributed by atoms with van der Waals surface area (Å²) in [6.45, 7) is 3.51. The van der Waals surface area contributed by atoms with Crippen LogP contribution in [0.25, 0.3) is 0 Å². The number of nitriles is 1. The molecule has 0 unspecified atom stereocenters. The van der Waals surface area contributed by atoms with Crippen LogP contribution < -0.4 is 0 Å². The maximum Gasteiger partial charge on any atom is 0.159 e. The molecule has 0 radical (unpaired) electrons. The van der Waals surface area contributed by atoms with Gasteiger partial charge < -0.3 is 0 Å². The van der Waals surface area contributed by atoms with E-state index in [1.54, 1.807) is 13.8 Å². The van der Waals surface area contributed by atoms with E-state index in [0.717, 1.165) is 0 Å². The van der Waals surface area contributed by atoms with E-state index in [2.05, 4.69) is 4.98 Å². The summed E-state index contributed by atoms with van der Waals surface area (Å²) in [5.74, 6) is 0. The van der Waals surface area contributed by atoms with Crippen LogP contribution in [0.1, 0.15) is 17.0 Å². The highest BCUT2D eigenvalue weighted by molar-refractivity contribution is 6.36. The first-order valence-electron chi connectivity index (χ1n) is 3.30. The maximum atomic E-state index is 8.62. The number of hydrogen-bond acceptors (Lipinski definition) is 2. The van der Waals surface area contributed by atoms with Crippen LogP contribution in [0, 0.1) is 25.2 Å². The topological polar surface area (TPSA) is 36.7 Å². The highest BCUT2D eigenvalue weighted by Crippen LogP contribution is 2.27. The van der Waals surface area contributed by atoms with E-state index < -0.39 is 0 Å². The molecule has 0 bridgehead atoms. The first-order chi connectivity index (χ1) is 5.57. The fourth-order valence-electron chi connectivity index (χ4n) is 0.885. The Bertz CT molecular complexity index is 366. The van der Waals surface area contributed by atoms with Gasteiger partial charge in [0, 0.05) is 0 Å². The Morgan fingerprint density at radius 3 is 2.33 bits per heavy atom. The van der Waals surface area contributed by atoms with Crippen LogP contribution in [0.4, 0.5) is 0 Å². The predicted octanol–water partition coefficient (Wildman–Crippen LogP) is 2.88. The molecule has 62 valence electrons. The van der Waals surface area contributed by atoms with Crippen molar-refractivity contribution in [2.45, 2.75) is 13.8 Å². The minimum absolute atomic E-state index is 0.232. The lowest BCUT2D eigenvalue weighted by atomic mass is 10.2. The SMILES string of the molecule is Cc1nc(C#N)c(Cl)c(C)c1Cl. The second kappa shape index (κ2) is 3.30. The summed E-state index contributed by atoms with van der Waals surface area (Å²) >= 11 is 11.7. The first-order valence-corrected chi connectivity index (χ1v) is 4.05. The van der Waals surface area contributed by atoms with Gasteiger partial charge in [-0.3, -0.25) is 0 Å². The number of aromatic nitrogens is 1. The van der Waals surface area contributed by atoms with Crippen LogP contribution in [0.3, 0.4) is 0 Å². The zero-order chi connectivity index (χ0) is 9.30. The van der Waals surface area contributed by atoms with Crippen LogP contribution in [0.5, 0.6) is 0 Å². The van der Waals surface area contributed by atoms with E-state index in [-0.39, 0.29) is 5.69 Å². The monoisotopic (exact) mass is 200 g/mol. The highest BCUT2D eigenvalue weighted by Gasteiger charge is 2.10. The van der Waals surface area contributed by atoms with Crippen molar-refractivity contribution in [2.75, 3.05) is 0 Å². The molecule has 0 aromatic carbocycles. The largest absolute Gasteiger partial charge is 0.239 e. The fourth-order valence-corrected chi connectivity index (χ4v) is 1.25. The van der Waals surface area contributed by atoms with E-state index in [9.17, 15) is 0 Å². The number of aryl methyl sites for hydroxylation is 1. The van der Waals surface area contributed by atoms with Crippen molar-refractivity contribution in [3.63, 3.8) is 0 Å². The summed E-state index contributed by atoms with van der Waals surface area (Å²) < 4.78 is 0. The van der Waals surface area contributed by atoms with Gasteiger partial charge in [0.1, 0.15) is 6.07 Å². The van der Waals surface area contributed by atoms with E-state index in [1.807, 2.05) is 6.07 Å². The Kier molecular flexibility index (Phi) is 2.56. The third-order valence-corrected chi connectivity index (χ3v) is 2.59. The Morgan fingerprint density at radius 2 is 1.83 bits per heavy atom. The Labute approximate surface area is 80.7 Å². The molecule has 1 aromatic heterocycles. The third kappa shape index (κ3) is 1.38. The molecule has 2 nitrogen and oxygen atoms in total. The van der Waals surface area contributed by atoms with Gasteiger partial charge in [-0.2, -0.15) is 5.26 Å². The van der Waals surface area contributed by atoms with Crippen molar-refractivity contribution in [1.82, 2.24) is 4.98 Å². The molecule has 0 fully saturated rings. The van der Waals surface area contributed by atoms with Crippen molar-refractivity contribution < 1.29 is 0 Å². The number of hydrogen-bond donors (Lipinski definition) is 0. The average molecular weight is 201 g/mol. The molecular formula is C8H6Cl2N2. The smallest absolute Gasteiger partial charge is 0.159 e. The maximum absolute atomic E-state index is 8.62. The van der Waals surface area contributed by atoms with Crippen molar-refractivity contribution in [3.05, 3.63) is 27.0 Å². The molecule has 1 aromatic rings. The normalized spacial score (nSPS) is 9.58. The van der Waals surface area contributed by atoms with E-state index >= 15 is 0 Å². The summed E-state index contributed by atoms with van der Waals surface area (Å²) in [6.07, 6.45) is 0. The minimum atomic E-state index is 0.232. The second-order valence-corrected chi connectivity index (χ2v) is 3.17. The van der Waals surface area contributed by atoms with Gasteiger partial charge >= 0.3 is 0 Å². The lowest BCUT2D eigenvalue weighted by molar-refractivity contribution is 1.14. The van der Waals surface area contributed by atoms with Crippen molar-refractivity contribution in [1.29, 1.82) is 5.26 Å². The van der Waals surface area contributed by atoms with E-state index in [4.69, 9.17) is 28.5 Å².